The normalized spacial score (nSPS) is 18.8. The molecular formula is C28H30N2O6. The molecule has 0 spiro atoms. The van der Waals surface area contributed by atoms with Crippen LogP contribution in [0.3, 0.4) is 0 Å². The molecule has 0 fully saturated rings. The lowest BCUT2D eigenvalue weighted by Crippen LogP contribution is -2.49. The molecule has 1 aliphatic heterocycles. The summed E-state index contributed by atoms with van der Waals surface area (Å²) in [4.78, 5) is 28.4. The molecule has 4 aromatic rings. The molecule has 0 radical (unpaired) electrons. The van der Waals surface area contributed by atoms with Gasteiger partial charge in [-0.2, -0.15) is 0 Å². The molecule has 0 saturated carbocycles. The van der Waals surface area contributed by atoms with Crippen molar-refractivity contribution >= 4 is 44.4 Å². The summed E-state index contributed by atoms with van der Waals surface area (Å²) in [6.07, 6.45) is -2.51. The van der Waals surface area contributed by atoms with Gasteiger partial charge < -0.3 is 24.3 Å². The summed E-state index contributed by atoms with van der Waals surface area (Å²) in [7, 11) is 3.11. The number of rotatable bonds is 3. The highest BCUT2D eigenvalue weighted by atomic mass is 16.5. The van der Waals surface area contributed by atoms with E-state index in [1.54, 1.807) is 19.9 Å². The molecule has 0 bridgehead atoms. The van der Waals surface area contributed by atoms with Crippen molar-refractivity contribution in [2.24, 2.45) is 7.05 Å². The molecule has 0 saturated heterocycles. The summed E-state index contributed by atoms with van der Waals surface area (Å²) in [6, 6.07) is 13.2. The molecule has 0 aliphatic carbocycles. The number of pyridine rings is 1. The minimum Gasteiger partial charge on any atom is -0.484 e. The van der Waals surface area contributed by atoms with E-state index >= 15 is 0 Å². The van der Waals surface area contributed by atoms with Crippen LogP contribution >= 0.6 is 0 Å². The van der Waals surface area contributed by atoms with E-state index in [0.717, 1.165) is 10.8 Å². The van der Waals surface area contributed by atoms with E-state index in [1.807, 2.05) is 54.9 Å². The molecule has 3 aromatic carbocycles. The molecule has 2 heterocycles. The summed E-state index contributed by atoms with van der Waals surface area (Å²) in [5.41, 5.74) is 0.353. The number of aromatic nitrogens is 1. The summed E-state index contributed by atoms with van der Waals surface area (Å²) in [5.74, 6) is 0.306. The molecule has 1 aromatic heterocycles. The Morgan fingerprint density at radius 1 is 1.17 bits per heavy atom. The van der Waals surface area contributed by atoms with Crippen LogP contribution in [0.15, 0.2) is 47.3 Å². The lowest BCUT2D eigenvalue weighted by molar-refractivity contribution is -0.111. The second-order valence-electron chi connectivity index (χ2n) is 9.85. The maximum absolute atomic E-state index is 14.1. The van der Waals surface area contributed by atoms with Gasteiger partial charge in [0.15, 0.2) is 5.43 Å². The summed E-state index contributed by atoms with van der Waals surface area (Å²) < 4.78 is 13.1. The Kier molecular flexibility index (Phi) is 5.69. The number of methoxy groups -OCH3 is 1. The summed E-state index contributed by atoms with van der Waals surface area (Å²) in [5, 5.41) is 24.7. The first-order chi connectivity index (χ1) is 17.1. The second-order valence-corrected chi connectivity index (χ2v) is 9.85. The number of hydrogen-bond donors (Lipinski definition) is 2. The largest absolute Gasteiger partial charge is 0.484 e. The van der Waals surface area contributed by atoms with E-state index in [2.05, 4.69) is 0 Å². The van der Waals surface area contributed by atoms with Gasteiger partial charge in [-0.15, -0.1) is 0 Å². The van der Waals surface area contributed by atoms with Gasteiger partial charge in [-0.25, -0.2) is 4.79 Å². The van der Waals surface area contributed by atoms with Crippen molar-refractivity contribution in [3.63, 3.8) is 0 Å². The predicted molar refractivity (Wildman–Crippen MR) is 140 cm³/mol. The molecule has 188 valence electrons. The van der Waals surface area contributed by atoms with Crippen LogP contribution in [-0.2, 0) is 11.8 Å². The van der Waals surface area contributed by atoms with Crippen molar-refractivity contribution in [3.8, 4) is 5.75 Å². The van der Waals surface area contributed by atoms with E-state index in [9.17, 15) is 19.8 Å². The van der Waals surface area contributed by atoms with E-state index in [0.29, 0.717) is 46.4 Å². The number of carbonyl (C=O) groups is 1. The molecule has 8 heteroatoms. The zero-order valence-electron chi connectivity index (χ0n) is 21.0. The van der Waals surface area contributed by atoms with Gasteiger partial charge in [0.05, 0.1) is 29.2 Å². The number of aryl methyl sites for hydroxylation is 1. The molecule has 2 atom stereocenters. The average Bonchev–Trinajstić information content (AvgIpc) is 2.86. The van der Waals surface area contributed by atoms with Gasteiger partial charge in [0.25, 0.3) is 0 Å². The number of fused-ring (bicyclic) bond motifs is 5. The molecule has 5 rings (SSSR count). The Hall–Kier alpha value is -3.62. The SMILES string of the molecule is CCCN(C(=O)OC)c1cc2c(c3c1c(=O)c1cc4ccccc4cc1n3C)C(O)C(O)C(C)(C)O2. The number of nitrogens with zero attached hydrogens (tertiary/aromatic N) is 2. The third-order valence-electron chi connectivity index (χ3n) is 7.13. The van der Waals surface area contributed by atoms with E-state index in [-0.39, 0.29) is 10.8 Å². The van der Waals surface area contributed by atoms with Crippen LogP contribution in [0.5, 0.6) is 5.75 Å². The maximum Gasteiger partial charge on any atom is 0.414 e. The second kappa shape index (κ2) is 8.50. The zero-order chi connectivity index (χ0) is 25.9. The van der Waals surface area contributed by atoms with E-state index < -0.39 is 23.9 Å². The van der Waals surface area contributed by atoms with Gasteiger partial charge >= 0.3 is 6.09 Å². The van der Waals surface area contributed by atoms with Gasteiger partial charge in [-0.3, -0.25) is 9.69 Å². The number of hydrogen-bond acceptors (Lipinski definition) is 6. The van der Waals surface area contributed by atoms with Crippen LogP contribution in [0.1, 0.15) is 38.9 Å². The van der Waals surface area contributed by atoms with Crippen LogP contribution in [0.2, 0.25) is 0 Å². The number of carbonyl (C=O) groups excluding carboxylic acids is 1. The number of aliphatic hydroxyl groups is 2. The number of aliphatic hydroxyl groups excluding tert-OH is 2. The highest BCUT2D eigenvalue weighted by molar-refractivity contribution is 6.09. The van der Waals surface area contributed by atoms with Crippen LogP contribution < -0.4 is 15.1 Å². The van der Waals surface area contributed by atoms with Crippen LogP contribution in [-0.4, -0.2) is 46.2 Å². The lowest BCUT2D eigenvalue weighted by Gasteiger charge is -2.41. The molecule has 2 N–H and O–H groups in total. The molecule has 36 heavy (non-hydrogen) atoms. The van der Waals surface area contributed by atoms with Crippen LogP contribution in [0.25, 0.3) is 32.6 Å². The molecular weight excluding hydrogens is 460 g/mol. The first kappa shape index (κ1) is 24.1. The highest BCUT2D eigenvalue weighted by Gasteiger charge is 2.44. The van der Waals surface area contributed by atoms with Gasteiger partial charge in [-0.1, -0.05) is 31.2 Å². The number of anilines is 1. The smallest absolute Gasteiger partial charge is 0.414 e. The fraction of sp³-hybridized carbons (Fsp3) is 0.357. The topological polar surface area (TPSA) is 101 Å². The number of amides is 1. The molecule has 1 amide bonds. The maximum atomic E-state index is 14.1. The van der Waals surface area contributed by atoms with Gasteiger partial charge in [0.1, 0.15) is 23.6 Å². The Morgan fingerprint density at radius 3 is 2.47 bits per heavy atom. The van der Waals surface area contributed by atoms with Crippen molar-refractivity contribution in [3.05, 3.63) is 58.3 Å². The Morgan fingerprint density at radius 2 is 1.83 bits per heavy atom. The number of benzene rings is 3. The minimum absolute atomic E-state index is 0.257. The molecule has 2 unspecified atom stereocenters. The highest BCUT2D eigenvalue weighted by Crippen LogP contribution is 2.46. The third kappa shape index (κ3) is 3.43. The van der Waals surface area contributed by atoms with Crippen LogP contribution in [0.4, 0.5) is 10.5 Å². The molecule has 8 nitrogen and oxygen atoms in total. The zero-order valence-corrected chi connectivity index (χ0v) is 21.0. The van der Waals surface area contributed by atoms with E-state index in [4.69, 9.17) is 9.47 Å². The fourth-order valence-electron chi connectivity index (χ4n) is 5.27. The Labute approximate surface area is 208 Å². The average molecular weight is 491 g/mol. The van der Waals surface area contributed by atoms with Crippen molar-refractivity contribution in [1.82, 2.24) is 4.57 Å². The molecule has 1 aliphatic rings. The van der Waals surface area contributed by atoms with Crippen molar-refractivity contribution in [1.29, 1.82) is 0 Å². The van der Waals surface area contributed by atoms with Gasteiger partial charge in [-0.05, 0) is 43.2 Å². The quantitative estimate of drug-likeness (QED) is 0.413. The summed E-state index contributed by atoms with van der Waals surface area (Å²) >= 11 is 0. The Balaban J connectivity index is 2.01. The Bertz CT molecular complexity index is 1590. The van der Waals surface area contributed by atoms with Crippen molar-refractivity contribution in [2.45, 2.75) is 45.0 Å². The summed E-state index contributed by atoms with van der Waals surface area (Å²) in [6.45, 7) is 5.61. The van der Waals surface area contributed by atoms with Gasteiger partial charge in [0, 0.05) is 30.6 Å². The number of ether oxygens (including phenoxy) is 2. The first-order valence-electron chi connectivity index (χ1n) is 12.0. The monoisotopic (exact) mass is 490 g/mol. The van der Waals surface area contributed by atoms with Crippen LogP contribution in [0, 0.1) is 0 Å². The predicted octanol–water partition coefficient (Wildman–Crippen LogP) is 4.39. The minimum atomic E-state index is -1.30. The third-order valence-corrected chi connectivity index (χ3v) is 7.13. The van der Waals surface area contributed by atoms with E-state index in [1.165, 1.54) is 12.0 Å². The fourth-order valence-corrected chi connectivity index (χ4v) is 5.27. The standard InChI is InChI=1S/C28H30N2O6/c1-6-11-30(27(34)35-5)19-14-20-22(25(32)26(33)28(2,3)36-20)23-21(19)24(31)17-12-15-9-7-8-10-16(15)13-18(17)29(23)4/h7-10,12-14,25-26,32-33H,6,11H2,1-5H3. The van der Waals surface area contributed by atoms with Crippen molar-refractivity contribution < 1.29 is 24.5 Å². The lowest BCUT2D eigenvalue weighted by atomic mass is 9.86. The van der Waals surface area contributed by atoms with Crippen molar-refractivity contribution in [2.75, 3.05) is 18.6 Å². The first-order valence-corrected chi connectivity index (χ1v) is 12.0. The van der Waals surface area contributed by atoms with Gasteiger partial charge in [0.2, 0.25) is 0 Å².